The summed E-state index contributed by atoms with van der Waals surface area (Å²) >= 11 is 2.18. The molecule has 14 heavy (non-hydrogen) atoms. The Morgan fingerprint density at radius 2 is 2.14 bits per heavy atom. The second-order valence-electron chi connectivity index (χ2n) is 3.22. The van der Waals surface area contributed by atoms with Crippen LogP contribution in [0.15, 0.2) is 24.3 Å². The summed E-state index contributed by atoms with van der Waals surface area (Å²) in [7, 11) is -3.03. The zero-order valence-electron chi connectivity index (χ0n) is 7.48. The molecule has 1 saturated heterocycles. The SMILES string of the molecule is O=S1(=O)CCCN1c1cccc(I)c1. The van der Waals surface area contributed by atoms with E-state index in [1.807, 2.05) is 24.3 Å². The number of sulfonamides is 1. The Morgan fingerprint density at radius 3 is 2.71 bits per heavy atom. The monoisotopic (exact) mass is 323 g/mol. The number of hydrogen-bond donors (Lipinski definition) is 0. The molecule has 0 bridgehead atoms. The van der Waals surface area contributed by atoms with Crippen molar-refractivity contribution < 1.29 is 8.42 Å². The maximum atomic E-state index is 11.6. The minimum atomic E-state index is -3.03. The molecule has 3 nitrogen and oxygen atoms in total. The van der Waals surface area contributed by atoms with Gasteiger partial charge in [0, 0.05) is 10.1 Å². The average Bonchev–Trinajstić information content (AvgIpc) is 2.45. The molecule has 0 amide bonds. The van der Waals surface area contributed by atoms with E-state index in [1.165, 1.54) is 4.31 Å². The van der Waals surface area contributed by atoms with Gasteiger partial charge in [-0.2, -0.15) is 0 Å². The van der Waals surface area contributed by atoms with E-state index in [1.54, 1.807) is 0 Å². The largest absolute Gasteiger partial charge is 0.270 e. The first-order valence-corrected chi connectivity index (χ1v) is 7.04. The van der Waals surface area contributed by atoms with E-state index in [0.29, 0.717) is 6.54 Å². The molecule has 5 heteroatoms. The molecule has 0 aromatic heterocycles. The van der Waals surface area contributed by atoms with Crippen molar-refractivity contribution in [2.24, 2.45) is 0 Å². The van der Waals surface area contributed by atoms with Crippen molar-refractivity contribution in [1.82, 2.24) is 0 Å². The molecule has 1 aliphatic rings. The van der Waals surface area contributed by atoms with E-state index in [2.05, 4.69) is 22.6 Å². The zero-order valence-corrected chi connectivity index (χ0v) is 10.5. The van der Waals surface area contributed by atoms with Crippen LogP contribution in [0, 0.1) is 3.57 Å². The van der Waals surface area contributed by atoms with Gasteiger partial charge in [0.1, 0.15) is 0 Å². The average molecular weight is 323 g/mol. The molecule has 0 unspecified atom stereocenters. The summed E-state index contributed by atoms with van der Waals surface area (Å²) in [5, 5.41) is 0. The van der Waals surface area contributed by atoms with E-state index in [-0.39, 0.29) is 5.75 Å². The quantitative estimate of drug-likeness (QED) is 0.740. The van der Waals surface area contributed by atoms with E-state index < -0.39 is 10.0 Å². The van der Waals surface area contributed by atoms with Crippen LogP contribution in [0.1, 0.15) is 6.42 Å². The van der Waals surface area contributed by atoms with Crippen LogP contribution in [0.25, 0.3) is 0 Å². The Kier molecular flexibility index (Phi) is 2.70. The van der Waals surface area contributed by atoms with Crippen molar-refractivity contribution >= 4 is 38.3 Å². The van der Waals surface area contributed by atoms with Gasteiger partial charge in [0.05, 0.1) is 11.4 Å². The van der Waals surface area contributed by atoms with Crippen LogP contribution in [-0.4, -0.2) is 20.7 Å². The first-order chi connectivity index (χ1) is 6.59. The zero-order chi connectivity index (χ0) is 10.2. The van der Waals surface area contributed by atoms with Crippen molar-refractivity contribution in [3.63, 3.8) is 0 Å². The highest BCUT2D eigenvalue weighted by Crippen LogP contribution is 2.24. The fourth-order valence-electron chi connectivity index (χ4n) is 1.56. The second-order valence-corrected chi connectivity index (χ2v) is 6.48. The first kappa shape index (κ1) is 10.2. The Labute approximate surface area is 97.3 Å². The molecule has 2 rings (SSSR count). The summed E-state index contributed by atoms with van der Waals surface area (Å²) in [5.74, 6) is 0.276. The predicted octanol–water partition coefficient (Wildman–Crippen LogP) is 1.83. The summed E-state index contributed by atoms with van der Waals surface area (Å²) in [6.07, 6.45) is 0.730. The van der Waals surface area contributed by atoms with Crippen LogP contribution in [-0.2, 0) is 10.0 Å². The van der Waals surface area contributed by atoms with Crippen molar-refractivity contribution in [3.8, 4) is 0 Å². The fourth-order valence-corrected chi connectivity index (χ4v) is 3.64. The molecule has 1 fully saturated rings. The molecule has 1 heterocycles. The third-order valence-corrected chi connectivity index (χ3v) is 4.74. The van der Waals surface area contributed by atoms with E-state index >= 15 is 0 Å². The molecule has 0 spiro atoms. The molecule has 0 N–H and O–H groups in total. The lowest BCUT2D eigenvalue weighted by Gasteiger charge is -2.16. The molecular weight excluding hydrogens is 313 g/mol. The highest BCUT2D eigenvalue weighted by Gasteiger charge is 2.28. The molecule has 1 aromatic carbocycles. The summed E-state index contributed by atoms with van der Waals surface area (Å²) in [4.78, 5) is 0. The number of hydrogen-bond acceptors (Lipinski definition) is 2. The van der Waals surface area contributed by atoms with Crippen LogP contribution in [0.4, 0.5) is 5.69 Å². The van der Waals surface area contributed by atoms with Crippen LogP contribution >= 0.6 is 22.6 Å². The first-order valence-electron chi connectivity index (χ1n) is 4.35. The molecule has 1 aliphatic heterocycles. The molecule has 0 atom stereocenters. The Balaban J connectivity index is 2.41. The van der Waals surface area contributed by atoms with E-state index in [4.69, 9.17) is 0 Å². The van der Waals surface area contributed by atoms with Crippen molar-refractivity contribution in [2.75, 3.05) is 16.6 Å². The highest BCUT2D eigenvalue weighted by molar-refractivity contribution is 14.1. The molecule has 0 aliphatic carbocycles. The number of nitrogens with zero attached hydrogens (tertiary/aromatic N) is 1. The van der Waals surface area contributed by atoms with Crippen LogP contribution in [0.3, 0.4) is 0 Å². The predicted molar refractivity (Wildman–Crippen MR) is 64.9 cm³/mol. The maximum absolute atomic E-state index is 11.6. The van der Waals surface area contributed by atoms with Gasteiger partial charge >= 0.3 is 0 Å². The van der Waals surface area contributed by atoms with Gasteiger partial charge in [-0.1, -0.05) is 6.07 Å². The van der Waals surface area contributed by atoms with Gasteiger partial charge in [-0.05, 0) is 47.2 Å². The van der Waals surface area contributed by atoms with E-state index in [0.717, 1.165) is 15.7 Å². The lowest BCUT2D eigenvalue weighted by molar-refractivity contribution is 0.599. The third kappa shape index (κ3) is 1.88. The Hall–Kier alpha value is -0.300. The second kappa shape index (κ2) is 3.69. The van der Waals surface area contributed by atoms with Crippen LogP contribution < -0.4 is 4.31 Å². The minimum Gasteiger partial charge on any atom is -0.270 e. The summed E-state index contributed by atoms with van der Waals surface area (Å²) in [6, 6.07) is 7.56. The topological polar surface area (TPSA) is 37.4 Å². The van der Waals surface area contributed by atoms with Gasteiger partial charge in [-0.25, -0.2) is 8.42 Å². The standard InChI is InChI=1S/C9H10INO2S/c10-8-3-1-4-9(7-8)11-5-2-6-14(11,12)13/h1,3-4,7H,2,5-6H2. The van der Waals surface area contributed by atoms with Crippen molar-refractivity contribution in [2.45, 2.75) is 6.42 Å². The normalized spacial score (nSPS) is 19.9. The maximum Gasteiger partial charge on any atom is 0.235 e. The van der Waals surface area contributed by atoms with Gasteiger partial charge in [-0.15, -0.1) is 0 Å². The van der Waals surface area contributed by atoms with Crippen LogP contribution in [0.5, 0.6) is 0 Å². The lowest BCUT2D eigenvalue weighted by atomic mass is 10.3. The molecule has 0 saturated carbocycles. The molecular formula is C9H10INO2S. The summed E-state index contributed by atoms with van der Waals surface area (Å²) in [6.45, 7) is 0.614. The molecule has 0 radical (unpaired) electrons. The lowest BCUT2D eigenvalue weighted by Crippen LogP contribution is -2.24. The number of rotatable bonds is 1. The van der Waals surface area contributed by atoms with Gasteiger partial charge < -0.3 is 0 Å². The van der Waals surface area contributed by atoms with E-state index in [9.17, 15) is 8.42 Å². The molecule has 1 aromatic rings. The third-order valence-electron chi connectivity index (χ3n) is 2.20. The number of halogens is 1. The van der Waals surface area contributed by atoms with Gasteiger partial charge in [0.25, 0.3) is 0 Å². The van der Waals surface area contributed by atoms with Gasteiger partial charge in [0.15, 0.2) is 0 Å². The van der Waals surface area contributed by atoms with Gasteiger partial charge in [0.2, 0.25) is 10.0 Å². The summed E-state index contributed by atoms with van der Waals surface area (Å²) in [5.41, 5.74) is 0.786. The minimum absolute atomic E-state index is 0.276. The number of anilines is 1. The number of benzene rings is 1. The molecule has 76 valence electrons. The van der Waals surface area contributed by atoms with Crippen LogP contribution in [0.2, 0.25) is 0 Å². The van der Waals surface area contributed by atoms with Gasteiger partial charge in [-0.3, -0.25) is 4.31 Å². The van der Waals surface area contributed by atoms with Crippen molar-refractivity contribution in [1.29, 1.82) is 0 Å². The highest BCUT2D eigenvalue weighted by atomic mass is 127. The fraction of sp³-hybridized carbons (Fsp3) is 0.333. The summed E-state index contributed by atoms with van der Waals surface area (Å²) < 4.78 is 25.7. The van der Waals surface area contributed by atoms with Crippen molar-refractivity contribution in [3.05, 3.63) is 27.8 Å². The smallest absolute Gasteiger partial charge is 0.235 e. The Morgan fingerprint density at radius 1 is 1.36 bits per heavy atom. The Bertz CT molecular complexity index is 444.